The van der Waals surface area contributed by atoms with Crippen LogP contribution in [0.1, 0.15) is 6.92 Å². The lowest BCUT2D eigenvalue weighted by molar-refractivity contribution is -0.111. The molecule has 0 saturated heterocycles. The first-order valence-corrected chi connectivity index (χ1v) is 5.16. The molecule has 2 aromatic rings. The fourth-order valence-electron chi connectivity index (χ4n) is 1.47. The van der Waals surface area contributed by atoms with Gasteiger partial charge in [-0.25, -0.2) is 4.79 Å². The van der Waals surface area contributed by atoms with Crippen LogP contribution in [0.15, 0.2) is 51.7 Å². The number of allylic oxidation sites excluding steroid dienone is 1. The lowest BCUT2D eigenvalue weighted by atomic mass is 10.2. The van der Waals surface area contributed by atoms with Crippen LogP contribution >= 0.6 is 0 Å². The standard InChI is InChI=1S/C13H11NO3/c1-2-3-12(15)14-10-6-4-9-5-7-13(16)17-11(9)8-10/h2-8H,1H3,(H,14,15). The minimum Gasteiger partial charge on any atom is -0.423 e. The van der Waals surface area contributed by atoms with E-state index in [-0.39, 0.29) is 5.91 Å². The molecule has 4 heteroatoms. The molecule has 0 aliphatic carbocycles. The Bertz CT molecular complexity index is 640. The highest BCUT2D eigenvalue weighted by molar-refractivity contribution is 6.00. The quantitative estimate of drug-likeness (QED) is 0.635. The molecule has 4 nitrogen and oxygen atoms in total. The van der Waals surface area contributed by atoms with Gasteiger partial charge in [0.15, 0.2) is 0 Å². The fourth-order valence-corrected chi connectivity index (χ4v) is 1.47. The van der Waals surface area contributed by atoms with Gasteiger partial charge in [0.05, 0.1) is 0 Å². The summed E-state index contributed by atoms with van der Waals surface area (Å²) in [5.41, 5.74) is 0.639. The summed E-state index contributed by atoms with van der Waals surface area (Å²) in [6.07, 6.45) is 3.07. The number of anilines is 1. The van der Waals surface area contributed by atoms with Crippen LogP contribution in [0.5, 0.6) is 0 Å². The fraction of sp³-hybridized carbons (Fsp3) is 0.0769. The van der Waals surface area contributed by atoms with E-state index in [0.29, 0.717) is 11.3 Å². The maximum atomic E-state index is 11.3. The van der Waals surface area contributed by atoms with Crippen molar-refractivity contribution in [3.05, 3.63) is 52.9 Å². The van der Waals surface area contributed by atoms with Crippen molar-refractivity contribution in [2.75, 3.05) is 5.32 Å². The molecule has 1 amide bonds. The predicted octanol–water partition coefficient (Wildman–Crippen LogP) is 2.31. The molecule has 1 N–H and O–H groups in total. The largest absolute Gasteiger partial charge is 0.423 e. The van der Waals surface area contributed by atoms with Crippen molar-refractivity contribution < 1.29 is 9.21 Å². The van der Waals surface area contributed by atoms with E-state index in [4.69, 9.17) is 4.42 Å². The van der Waals surface area contributed by atoms with Crippen LogP contribution in [-0.4, -0.2) is 5.91 Å². The van der Waals surface area contributed by atoms with Gasteiger partial charge in [0.2, 0.25) is 5.91 Å². The minimum atomic E-state index is -0.408. The van der Waals surface area contributed by atoms with Gasteiger partial charge >= 0.3 is 5.63 Å². The second kappa shape index (κ2) is 4.65. The molecule has 17 heavy (non-hydrogen) atoms. The van der Waals surface area contributed by atoms with E-state index in [1.807, 2.05) is 0 Å². The van der Waals surface area contributed by atoms with Crippen LogP contribution < -0.4 is 10.9 Å². The summed E-state index contributed by atoms with van der Waals surface area (Å²) in [6, 6.07) is 8.20. The molecule has 0 unspecified atom stereocenters. The third-order valence-electron chi connectivity index (χ3n) is 2.21. The topological polar surface area (TPSA) is 59.3 Å². The van der Waals surface area contributed by atoms with Crippen molar-refractivity contribution in [2.45, 2.75) is 6.92 Å². The number of carbonyl (C=O) groups is 1. The Hall–Kier alpha value is -2.36. The van der Waals surface area contributed by atoms with Crippen molar-refractivity contribution in [1.82, 2.24) is 0 Å². The number of rotatable bonds is 2. The summed E-state index contributed by atoms with van der Waals surface area (Å²) in [5, 5.41) is 3.48. The summed E-state index contributed by atoms with van der Waals surface area (Å²) < 4.78 is 5.02. The Morgan fingerprint density at radius 2 is 2.06 bits per heavy atom. The highest BCUT2D eigenvalue weighted by atomic mass is 16.4. The third-order valence-corrected chi connectivity index (χ3v) is 2.21. The van der Waals surface area contributed by atoms with Crippen LogP contribution in [0.3, 0.4) is 0 Å². The van der Waals surface area contributed by atoms with Gasteiger partial charge in [0, 0.05) is 23.2 Å². The number of benzene rings is 1. The number of carbonyl (C=O) groups excluding carboxylic acids is 1. The average molecular weight is 229 g/mol. The third kappa shape index (κ3) is 2.60. The Balaban J connectivity index is 2.37. The van der Waals surface area contributed by atoms with Gasteiger partial charge in [-0.3, -0.25) is 4.79 Å². The predicted molar refractivity (Wildman–Crippen MR) is 65.9 cm³/mol. The first kappa shape index (κ1) is 11.1. The summed E-state index contributed by atoms with van der Waals surface area (Å²) in [6.45, 7) is 1.76. The van der Waals surface area contributed by atoms with Gasteiger partial charge in [-0.2, -0.15) is 0 Å². The van der Waals surface area contributed by atoms with E-state index in [1.54, 1.807) is 37.3 Å². The minimum absolute atomic E-state index is 0.217. The van der Waals surface area contributed by atoms with Crippen molar-refractivity contribution in [3.63, 3.8) is 0 Å². The molecule has 1 aromatic carbocycles. The molecule has 2 rings (SSSR count). The normalized spacial score (nSPS) is 10.9. The Morgan fingerprint density at radius 1 is 1.29 bits per heavy atom. The molecule has 1 heterocycles. The number of hydrogen-bond acceptors (Lipinski definition) is 3. The summed E-state index contributed by atoms with van der Waals surface area (Å²) in [4.78, 5) is 22.4. The van der Waals surface area contributed by atoms with Gasteiger partial charge in [-0.15, -0.1) is 0 Å². The molecular formula is C13H11NO3. The number of hydrogen-bond donors (Lipinski definition) is 1. The zero-order valence-corrected chi connectivity index (χ0v) is 9.27. The van der Waals surface area contributed by atoms with Crippen molar-refractivity contribution in [1.29, 1.82) is 0 Å². The van der Waals surface area contributed by atoms with E-state index in [9.17, 15) is 9.59 Å². The van der Waals surface area contributed by atoms with Gasteiger partial charge in [0.25, 0.3) is 0 Å². The van der Waals surface area contributed by atoms with E-state index in [2.05, 4.69) is 5.32 Å². The highest BCUT2D eigenvalue weighted by Gasteiger charge is 2.01. The summed E-state index contributed by atoms with van der Waals surface area (Å²) >= 11 is 0. The Kier molecular flexibility index (Phi) is 3.05. The second-order valence-electron chi connectivity index (χ2n) is 3.50. The number of amides is 1. The molecule has 0 bridgehead atoms. The lowest BCUT2D eigenvalue weighted by Gasteiger charge is -2.02. The summed E-state index contributed by atoms with van der Waals surface area (Å²) in [7, 11) is 0. The zero-order valence-electron chi connectivity index (χ0n) is 9.27. The maximum absolute atomic E-state index is 11.3. The van der Waals surface area contributed by atoms with Crippen molar-refractivity contribution in [2.24, 2.45) is 0 Å². The van der Waals surface area contributed by atoms with E-state index < -0.39 is 5.63 Å². The van der Waals surface area contributed by atoms with Crippen molar-refractivity contribution in [3.8, 4) is 0 Å². The molecule has 0 aliphatic heterocycles. The zero-order chi connectivity index (χ0) is 12.3. The Morgan fingerprint density at radius 3 is 2.82 bits per heavy atom. The van der Waals surface area contributed by atoms with Crippen molar-refractivity contribution >= 4 is 22.6 Å². The first-order chi connectivity index (χ1) is 8.19. The van der Waals surface area contributed by atoms with E-state index in [0.717, 1.165) is 5.39 Å². The van der Waals surface area contributed by atoms with Gasteiger partial charge in [0.1, 0.15) is 5.58 Å². The van der Waals surface area contributed by atoms with Crippen LogP contribution in [0.4, 0.5) is 5.69 Å². The Labute approximate surface area is 97.6 Å². The maximum Gasteiger partial charge on any atom is 0.336 e. The lowest BCUT2D eigenvalue weighted by Crippen LogP contribution is -2.07. The second-order valence-corrected chi connectivity index (χ2v) is 3.50. The van der Waals surface area contributed by atoms with E-state index in [1.165, 1.54) is 12.1 Å². The molecular weight excluding hydrogens is 218 g/mol. The molecule has 86 valence electrons. The van der Waals surface area contributed by atoms with Gasteiger partial charge in [-0.05, 0) is 31.2 Å². The number of nitrogens with one attached hydrogen (secondary N) is 1. The molecule has 1 aromatic heterocycles. The summed E-state index contributed by atoms with van der Waals surface area (Å²) in [5.74, 6) is -0.217. The average Bonchev–Trinajstić information content (AvgIpc) is 2.28. The SMILES string of the molecule is CC=CC(=O)Nc1ccc2ccc(=O)oc2c1. The monoisotopic (exact) mass is 229 g/mol. The molecule has 0 radical (unpaired) electrons. The molecule has 0 atom stereocenters. The number of fused-ring (bicyclic) bond motifs is 1. The first-order valence-electron chi connectivity index (χ1n) is 5.16. The van der Waals surface area contributed by atoms with Crippen LogP contribution in [-0.2, 0) is 4.79 Å². The smallest absolute Gasteiger partial charge is 0.336 e. The molecule has 0 aliphatic rings. The highest BCUT2D eigenvalue weighted by Crippen LogP contribution is 2.17. The molecule has 0 saturated carbocycles. The van der Waals surface area contributed by atoms with Crippen LogP contribution in [0, 0.1) is 0 Å². The van der Waals surface area contributed by atoms with E-state index >= 15 is 0 Å². The van der Waals surface area contributed by atoms with Gasteiger partial charge in [-0.1, -0.05) is 6.08 Å². The molecule has 0 spiro atoms. The van der Waals surface area contributed by atoms with Crippen LogP contribution in [0.2, 0.25) is 0 Å². The molecule has 0 fully saturated rings. The van der Waals surface area contributed by atoms with Crippen LogP contribution in [0.25, 0.3) is 11.0 Å². The van der Waals surface area contributed by atoms with Gasteiger partial charge < -0.3 is 9.73 Å².